The van der Waals surface area contributed by atoms with Crippen LogP contribution in [0, 0.1) is 11.6 Å². The summed E-state index contributed by atoms with van der Waals surface area (Å²) < 4.78 is 28.5. The first-order valence-electron chi connectivity index (χ1n) is 8.28. The molecule has 0 aliphatic heterocycles. The lowest BCUT2D eigenvalue weighted by Crippen LogP contribution is -2.28. The zero-order chi connectivity index (χ0) is 18.3. The van der Waals surface area contributed by atoms with Crippen molar-refractivity contribution in [3.05, 3.63) is 57.0 Å². The maximum atomic E-state index is 13.6. The van der Waals surface area contributed by atoms with Crippen LogP contribution in [0.3, 0.4) is 0 Å². The predicted molar refractivity (Wildman–Crippen MR) is 95.5 cm³/mol. The van der Waals surface area contributed by atoms with Gasteiger partial charge in [-0.2, -0.15) is 0 Å². The highest BCUT2D eigenvalue weighted by molar-refractivity contribution is 7.18. The Morgan fingerprint density at radius 1 is 1.23 bits per heavy atom. The molecule has 1 aliphatic carbocycles. The Morgan fingerprint density at radius 3 is 2.73 bits per heavy atom. The lowest BCUT2D eigenvalue weighted by Gasteiger charge is -2.11. The average molecular weight is 375 g/mol. The molecule has 2 heterocycles. The first kappa shape index (κ1) is 16.8. The van der Waals surface area contributed by atoms with E-state index < -0.39 is 23.2 Å². The molecule has 134 valence electrons. The van der Waals surface area contributed by atoms with Gasteiger partial charge in [0.05, 0.1) is 11.7 Å². The number of nitrogens with zero attached hydrogens (tertiary/aromatic N) is 2. The van der Waals surface area contributed by atoms with Gasteiger partial charge in [0.25, 0.3) is 5.56 Å². The Kier molecular flexibility index (Phi) is 4.28. The van der Waals surface area contributed by atoms with Crippen molar-refractivity contribution in [2.24, 2.45) is 0 Å². The standard InChI is InChI=1S/C18H15F2N3O2S/c19-11-5-3-6-12(20)16(11)22-14(24)8-23-9-21-17-15(18(23)25)10-4-1-2-7-13(10)26-17/h3,5-6,9H,1-2,4,7-8H2,(H,22,24). The molecule has 4 rings (SSSR count). The van der Waals surface area contributed by atoms with E-state index in [0.717, 1.165) is 43.4 Å². The van der Waals surface area contributed by atoms with Crippen LogP contribution >= 0.6 is 11.3 Å². The normalized spacial score (nSPS) is 13.6. The van der Waals surface area contributed by atoms with E-state index in [-0.39, 0.29) is 12.1 Å². The third-order valence-electron chi connectivity index (χ3n) is 4.48. The molecular weight excluding hydrogens is 360 g/mol. The van der Waals surface area contributed by atoms with Gasteiger partial charge in [-0.1, -0.05) is 6.07 Å². The molecule has 8 heteroatoms. The molecule has 0 fully saturated rings. The van der Waals surface area contributed by atoms with Crippen LogP contribution in [0.15, 0.2) is 29.3 Å². The first-order chi connectivity index (χ1) is 12.5. The molecule has 0 bridgehead atoms. The van der Waals surface area contributed by atoms with E-state index in [1.54, 1.807) is 0 Å². The number of rotatable bonds is 3. The van der Waals surface area contributed by atoms with E-state index in [1.165, 1.54) is 33.2 Å². The summed E-state index contributed by atoms with van der Waals surface area (Å²) in [5.74, 6) is -2.43. The van der Waals surface area contributed by atoms with Gasteiger partial charge in [-0.25, -0.2) is 13.8 Å². The summed E-state index contributed by atoms with van der Waals surface area (Å²) in [6, 6.07) is 3.31. The summed E-state index contributed by atoms with van der Waals surface area (Å²) in [6.07, 6.45) is 5.22. The van der Waals surface area contributed by atoms with Crippen molar-refractivity contribution < 1.29 is 13.6 Å². The zero-order valence-electron chi connectivity index (χ0n) is 13.7. The van der Waals surface area contributed by atoms with Gasteiger partial charge in [0, 0.05) is 4.88 Å². The fourth-order valence-corrected chi connectivity index (χ4v) is 4.46. The number of halogens is 2. The van der Waals surface area contributed by atoms with Crippen LogP contribution in [0.1, 0.15) is 23.3 Å². The van der Waals surface area contributed by atoms with E-state index in [4.69, 9.17) is 0 Å². The summed E-state index contributed by atoms with van der Waals surface area (Å²) in [6.45, 7) is -0.361. The smallest absolute Gasteiger partial charge is 0.262 e. The van der Waals surface area contributed by atoms with Crippen LogP contribution in [0.5, 0.6) is 0 Å². The van der Waals surface area contributed by atoms with Gasteiger partial charge >= 0.3 is 0 Å². The second-order valence-corrected chi connectivity index (χ2v) is 7.30. The molecule has 0 unspecified atom stereocenters. The van der Waals surface area contributed by atoms with Gasteiger partial charge < -0.3 is 5.32 Å². The number of thiophene rings is 1. The Balaban J connectivity index is 1.64. The quantitative estimate of drug-likeness (QED) is 0.764. The van der Waals surface area contributed by atoms with Gasteiger partial charge in [0.1, 0.15) is 28.7 Å². The molecule has 5 nitrogen and oxygen atoms in total. The summed E-state index contributed by atoms with van der Waals surface area (Å²) >= 11 is 1.52. The zero-order valence-corrected chi connectivity index (χ0v) is 14.5. The van der Waals surface area contributed by atoms with Gasteiger partial charge in [-0.05, 0) is 43.4 Å². The van der Waals surface area contributed by atoms with Crippen LogP contribution in [-0.4, -0.2) is 15.5 Å². The fraction of sp³-hybridized carbons (Fsp3) is 0.278. The number of nitrogens with one attached hydrogen (secondary N) is 1. The highest BCUT2D eigenvalue weighted by atomic mass is 32.1. The van der Waals surface area contributed by atoms with E-state index in [0.29, 0.717) is 10.2 Å². The van der Waals surface area contributed by atoms with Crippen molar-refractivity contribution in [1.82, 2.24) is 9.55 Å². The predicted octanol–water partition coefficient (Wildman–Crippen LogP) is 3.25. The van der Waals surface area contributed by atoms with Crippen molar-refractivity contribution >= 4 is 33.1 Å². The average Bonchev–Trinajstić information content (AvgIpc) is 3.00. The lowest BCUT2D eigenvalue weighted by molar-refractivity contribution is -0.116. The number of anilines is 1. The molecule has 0 atom stereocenters. The Morgan fingerprint density at radius 2 is 1.96 bits per heavy atom. The molecule has 26 heavy (non-hydrogen) atoms. The van der Waals surface area contributed by atoms with Crippen molar-refractivity contribution in [3.63, 3.8) is 0 Å². The maximum Gasteiger partial charge on any atom is 0.262 e. The summed E-state index contributed by atoms with van der Waals surface area (Å²) in [4.78, 5) is 31.1. The van der Waals surface area contributed by atoms with Crippen molar-refractivity contribution in [2.45, 2.75) is 32.2 Å². The molecule has 0 saturated heterocycles. The lowest BCUT2D eigenvalue weighted by atomic mass is 9.97. The molecule has 1 aromatic carbocycles. The number of para-hydroxylation sites is 1. The minimum absolute atomic E-state index is 0.293. The molecule has 1 amide bonds. The van der Waals surface area contributed by atoms with Gasteiger partial charge in [-0.15, -0.1) is 11.3 Å². The summed E-state index contributed by atoms with van der Waals surface area (Å²) in [5.41, 5.74) is 0.217. The van der Waals surface area contributed by atoms with Crippen LogP contribution < -0.4 is 10.9 Å². The van der Waals surface area contributed by atoms with Crippen molar-refractivity contribution in [1.29, 1.82) is 0 Å². The number of hydrogen-bond acceptors (Lipinski definition) is 4. The molecule has 2 aromatic heterocycles. The second kappa shape index (κ2) is 6.60. The number of aromatic nitrogens is 2. The third kappa shape index (κ3) is 2.90. The molecule has 0 radical (unpaired) electrons. The molecule has 0 saturated carbocycles. The van der Waals surface area contributed by atoms with Crippen LogP contribution in [-0.2, 0) is 24.2 Å². The Bertz CT molecular complexity index is 1050. The highest BCUT2D eigenvalue weighted by Crippen LogP contribution is 2.33. The fourth-order valence-electron chi connectivity index (χ4n) is 3.24. The van der Waals surface area contributed by atoms with Gasteiger partial charge in [0.2, 0.25) is 5.91 Å². The number of carbonyl (C=O) groups excluding carboxylic acids is 1. The summed E-state index contributed by atoms with van der Waals surface area (Å²) in [5, 5.41) is 2.75. The largest absolute Gasteiger partial charge is 0.320 e. The SMILES string of the molecule is O=C(Cn1cnc2sc3c(c2c1=O)CCCC3)Nc1c(F)cccc1F. The van der Waals surface area contributed by atoms with Crippen LogP contribution in [0.25, 0.3) is 10.2 Å². The molecule has 0 spiro atoms. The van der Waals surface area contributed by atoms with Crippen LogP contribution in [0.2, 0.25) is 0 Å². The molecular formula is C18H15F2N3O2S. The minimum Gasteiger partial charge on any atom is -0.320 e. The van der Waals surface area contributed by atoms with Crippen molar-refractivity contribution in [2.75, 3.05) is 5.32 Å². The van der Waals surface area contributed by atoms with E-state index in [1.807, 2.05) is 0 Å². The number of aryl methyl sites for hydroxylation is 2. The van der Waals surface area contributed by atoms with Gasteiger partial charge in [-0.3, -0.25) is 14.2 Å². The van der Waals surface area contributed by atoms with Crippen LogP contribution in [0.4, 0.5) is 14.5 Å². The van der Waals surface area contributed by atoms with Crippen molar-refractivity contribution in [3.8, 4) is 0 Å². The topological polar surface area (TPSA) is 64.0 Å². The molecule has 1 N–H and O–H groups in total. The number of amides is 1. The monoisotopic (exact) mass is 375 g/mol. The Hall–Kier alpha value is -2.61. The minimum atomic E-state index is -0.869. The highest BCUT2D eigenvalue weighted by Gasteiger charge is 2.21. The van der Waals surface area contributed by atoms with E-state index in [9.17, 15) is 18.4 Å². The number of benzene rings is 1. The van der Waals surface area contributed by atoms with E-state index in [2.05, 4.69) is 10.3 Å². The van der Waals surface area contributed by atoms with Gasteiger partial charge in [0.15, 0.2) is 0 Å². The summed E-state index contributed by atoms with van der Waals surface area (Å²) in [7, 11) is 0. The number of carbonyl (C=O) groups is 1. The third-order valence-corrected chi connectivity index (χ3v) is 5.68. The number of fused-ring (bicyclic) bond motifs is 3. The maximum absolute atomic E-state index is 13.6. The molecule has 3 aromatic rings. The number of hydrogen-bond donors (Lipinski definition) is 1. The second-order valence-electron chi connectivity index (χ2n) is 6.21. The molecule has 1 aliphatic rings. The van der Waals surface area contributed by atoms with E-state index >= 15 is 0 Å². The Labute approximate surface area is 151 Å². The first-order valence-corrected chi connectivity index (χ1v) is 9.10.